The van der Waals surface area contributed by atoms with Gasteiger partial charge in [0.2, 0.25) is 5.91 Å². The summed E-state index contributed by atoms with van der Waals surface area (Å²) in [5, 5.41) is 2.77. The van der Waals surface area contributed by atoms with Gasteiger partial charge in [-0.2, -0.15) is 0 Å². The molecular formula is C16H22N2O4. The predicted octanol–water partition coefficient (Wildman–Crippen LogP) is 1.66. The molecule has 6 heteroatoms. The summed E-state index contributed by atoms with van der Waals surface area (Å²) in [6, 6.07) is 7.10. The molecule has 1 fully saturated rings. The number of amides is 2. The van der Waals surface area contributed by atoms with Crippen molar-refractivity contribution in [2.75, 3.05) is 32.1 Å². The molecule has 1 saturated heterocycles. The minimum Gasteiger partial charge on any atom is -0.497 e. The zero-order valence-electron chi connectivity index (χ0n) is 13.0. The Bertz CT molecular complexity index is 527. The second-order valence-corrected chi connectivity index (χ2v) is 5.13. The fraction of sp³-hybridized carbons (Fsp3) is 0.500. The monoisotopic (exact) mass is 306 g/mol. The average Bonchev–Trinajstić information content (AvgIpc) is 3.06. The van der Waals surface area contributed by atoms with Crippen molar-refractivity contribution in [2.24, 2.45) is 0 Å². The van der Waals surface area contributed by atoms with Gasteiger partial charge in [-0.15, -0.1) is 0 Å². The summed E-state index contributed by atoms with van der Waals surface area (Å²) in [4.78, 5) is 25.9. The van der Waals surface area contributed by atoms with Crippen molar-refractivity contribution in [2.45, 2.75) is 25.9 Å². The maximum Gasteiger partial charge on any atom is 0.252 e. The van der Waals surface area contributed by atoms with Crippen molar-refractivity contribution in [3.8, 4) is 5.75 Å². The maximum absolute atomic E-state index is 12.3. The highest BCUT2D eigenvalue weighted by Crippen LogP contribution is 2.17. The number of nitrogens with one attached hydrogen (secondary N) is 1. The first-order valence-electron chi connectivity index (χ1n) is 7.48. The van der Waals surface area contributed by atoms with Crippen molar-refractivity contribution >= 4 is 17.5 Å². The topological polar surface area (TPSA) is 67.9 Å². The van der Waals surface area contributed by atoms with Crippen molar-refractivity contribution in [3.63, 3.8) is 0 Å². The Hall–Kier alpha value is -2.08. The first-order valence-corrected chi connectivity index (χ1v) is 7.48. The molecule has 0 aliphatic carbocycles. The summed E-state index contributed by atoms with van der Waals surface area (Å²) in [7, 11) is 1.57. The van der Waals surface area contributed by atoms with E-state index in [-0.39, 0.29) is 18.4 Å². The van der Waals surface area contributed by atoms with Crippen LogP contribution in [0.5, 0.6) is 5.75 Å². The minimum atomic E-state index is -0.399. The van der Waals surface area contributed by atoms with Crippen LogP contribution in [0.15, 0.2) is 24.3 Å². The molecule has 0 saturated carbocycles. The highest BCUT2D eigenvalue weighted by Gasteiger charge is 2.28. The third-order valence-electron chi connectivity index (χ3n) is 3.59. The first kappa shape index (κ1) is 16.3. The van der Waals surface area contributed by atoms with Gasteiger partial charge >= 0.3 is 0 Å². The molecule has 1 aliphatic heterocycles. The normalized spacial score (nSPS) is 17.1. The van der Waals surface area contributed by atoms with Gasteiger partial charge in [-0.1, -0.05) is 6.07 Å². The van der Waals surface area contributed by atoms with Crippen LogP contribution in [0.3, 0.4) is 0 Å². The number of rotatable bonds is 6. The van der Waals surface area contributed by atoms with Crippen LogP contribution >= 0.6 is 0 Å². The van der Waals surface area contributed by atoms with Gasteiger partial charge in [0.05, 0.1) is 13.7 Å². The fourth-order valence-electron chi connectivity index (χ4n) is 2.40. The molecule has 1 heterocycles. The van der Waals surface area contributed by atoms with Gasteiger partial charge < -0.3 is 19.7 Å². The lowest BCUT2D eigenvalue weighted by Crippen LogP contribution is -2.43. The largest absolute Gasteiger partial charge is 0.497 e. The molecule has 0 unspecified atom stereocenters. The van der Waals surface area contributed by atoms with E-state index in [2.05, 4.69) is 5.32 Å². The molecule has 6 nitrogen and oxygen atoms in total. The van der Waals surface area contributed by atoms with Gasteiger partial charge in [-0.3, -0.25) is 9.59 Å². The van der Waals surface area contributed by atoms with E-state index < -0.39 is 6.10 Å². The lowest BCUT2D eigenvalue weighted by molar-refractivity contribution is -0.142. The van der Waals surface area contributed by atoms with Crippen LogP contribution in [0.1, 0.15) is 19.8 Å². The molecular weight excluding hydrogens is 284 g/mol. The Morgan fingerprint density at radius 2 is 2.27 bits per heavy atom. The van der Waals surface area contributed by atoms with E-state index in [1.807, 2.05) is 6.92 Å². The van der Waals surface area contributed by atoms with Gasteiger partial charge in [-0.05, 0) is 31.9 Å². The minimum absolute atomic E-state index is 0.0202. The second kappa shape index (κ2) is 7.79. The number of methoxy groups -OCH3 is 1. The predicted molar refractivity (Wildman–Crippen MR) is 82.9 cm³/mol. The standard InChI is InChI=1S/C16H22N2O4/c1-3-18(16(20)14-8-5-9-22-14)11-15(19)17-12-6-4-7-13(10-12)21-2/h4,6-7,10,14H,3,5,8-9,11H2,1-2H3,(H,17,19)/t14-/m1/s1. The third kappa shape index (κ3) is 4.21. The van der Waals surface area contributed by atoms with E-state index in [4.69, 9.17) is 9.47 Å². The van der Waals surface area contributed by atoms with E-state index in [1.54, 1.807) is 31.4 Å². The Morgan fingerprint density at radius 1 is 1.45 bits per heavy atom. The number of nitrogens with zero attached hydrogens (tertiary/aromatic N) is 1. The molecule has 1 aromatic rings. The Labute approximate surface area is 130 Å². The Morgan fingerprint density at radius 3 is 2.91 bits per heavy atom. The van der Waals surface area contributed by atoms with Crippen LogP contribution in [0.25, 0.3) is 0 Å². The first-order chi connectivity index (χ1) is 10.6. The molecule has 0 spiro atoms. The fourth-order valence-corrected chi connectivity index (χ4v) is 2.40. The number of ether oxygens (including phenoxy) is 2. The summed E-state index contributed by atoms with van der Waals surface area (Å²) in [5.74, 6) is 0.322. The van der Waals surface area contributed by atoms with Gasteiger partial charge in [0.15, 0.2) is 0 Å². The number of benzene rings is 1. The lowest BCUT2D eigenvalue weighted by atomic mass is 10.2. The van der Waals surface area contributed by atoms with Crippen molar-refractivity contribution < 1.29 is 19.1 Å². The van der Waals surface area contributed by atoms with E-state index in [9.17, 15) is 9.59 Å². The van der Waals surface area contributed by atoms with E-state index in [0.29, 0.717) is 24.6 Å². The van der Waals surface area contributed by atoms with Crippen molar-refractivity contribution in [1.82, 2.24) is 4.90 Å². The highest BCUT2D eigenvalue weighted by molar-refractivity contribution is 5.95. The van der Waals surface area contributed by atoms with Crippen LogP contribution in [0.2, 0.25) is 0 Å². The van der Waals surface area contributed by atoms with Crippen LogP contribution in [0, 0.1) is 0 Å². The van der Waals surface area contributed by atoms with Gasteiger partial charge in [0.1, 0.15) is 11.9 Å². The van der Waals surface area contributed by atoms with Crippen molar-refractivity contribution in [3.05, 3.63) is 24.3 Å². The molecule has 1 aromatic carbocycles. The molecule has 0 radical (unpaired) electrons. The number of hydrogen-bond acceptors (Lipinski definition) is 4. The zero-order valence-corrected chi connectivity index (χ0v) is 13.0. The average molecular weight is 306 g/mol. The van der Waals surface area contributed by atoms with Crippen LogP contribution < -0.4 is 10.1 Å². The zero-order chi connectivity index (χ0) is 15.9. The van der Waals surface area contributed by atoms with Gasteiger partial charge in [0.25, 0.3) is 5.91 Å². The van der Waals surface area contributed by atoms with E-state index in [1.165, 1.54) is 4.90 Å². The Kier molecular flexibility index (Phi) is 5.77. The summed E-state index contributed by atoms with van der Waals surface area (Å²) in [6.45, 7) is 2.96. The molecule has 2 rings (SSSR count). The van der Waals surface area contributed by atoms with Crippen LogP contribution in [-0.4, -0.2) is 49.6 Å². The summed E-state index contributed by atoms with van der Waals surface area (Å²) in [5.41, 5.74) is 0.643. The van der Waals surface area contributed by atoms with E-state index in [0.717, 1.165) is 12.8 Å². The van der Waals surface area contributed by atoms with Gasteiger partial charge in [-0.25, -0.2) is 0 Å². The van der Waals surface area contributed by atoms with E-state index >= 15 is 0 Å². The number of carbonyl (C=O) groups is 2. The number of hydrogen-bond donors (Lipinski definition) is 1. The lowest BCUT2D eigenvalue weighted by Gasteiger charge is -2.23. The molecule has 0 bridgehead atoms. The summed E-state index contributed by atoms with van der Waals surface area (Å²) in [6.07, 6.45) is 1.22. The molecule has 22 heavy (non-hydrogen) atoms. The van der Waals surface area contributed by atoms with Crippen LogP contribution in [0.4, 0.5) is 5.69 Å². The summed E-state index contributed by atoms with van der Waals surface area (Å²) >= 11 is 0. The van der Waals surface area contributed by atoms with Crippen LogP contribution in [-0.2, 0) is 14.3 Å². The number of likely N-dealkylation sites (N-methyl/N-ethyl adjacent to an activating group) is 1. The third-order valence-corrected chi connectivity index (χ3v) is 3.59. The molecule has 0 aromatic heterocycles. The smallest absolute Gasteiger partial charge is 0.252 e. The molecule has 120 valence electrons. The number of carbonyl (C=O) groups excluding carboxylic acids is 2. The van der Waals surface area contributed by atoms with Crippen molar-refractivity contribution in [1.29, 1.82) is 0 Å². The molecule has 1 atom stereocenters. The molecule has 2 amide bonds. The van der Waals surface area contributed by atoms with Gasteiger partial charge in [0, 0.05) is 24.9 Å². The maximum atomic E-state index is 12.3. The Balaban J connectivity index is 1.92. The molecule has 1 N–H and O–H groups in total. The molecule has 1 aliphatic rings. The second-order valence-electron chi connectivity index (χ2n) is 5.13. The summed E-state index contributed by atoms with van der Waals surface area (Å²) < 4.78 is 10.5. The number of anilines is 1. The highest BCUT2D eigenvalue weighted by atomic mass is 16.5. The SMILES string of the molecule is CCN(CC(=O)Nc1cccc(OC)c1)C(=O)[C@H]1CCCO1. The quantitative estimate of drug-likeness (QED) is 0.868.